The Kier molecular flexibility index (Phi) is 4.24. The minimum atomic E-state index is -0.888. The van der Waals surface area contributed by atoms with Gasteiger partial charge in [0.15, 0.2) is 11.6 Å². The number of nitrogens with one attached hydrogen (secondary N) is 1. The summed E-state index contributed by atoms with van der Waals surface area (Å²) in [7, 11) is 0. The van der Waals surface area contributed by atoms with Crippen LogP contribution in [0.2, 0.25) is 0 Å². The number of rotatable bonds is 3. The third-order valence-corrected chi connectivity index (χ3v) is 3.18. The Morgan fingerprint density at radius 2 is 1.78 bits per heavy atom. The van der Waals surface area contributed by atoms with E-state index < -0.39 is 11.6 Å². The maximum atomic E-state index is 13.5. The van der Waals surface area contributed by atoms with Crippen molar-refractivity contribution in [3.63, 3.8) is 0 Å². The molecule has 2 aromatic rings. The van der Waals surface area contributed by atoms with Crippen LogP contribution in [0.5, 0.6) is 0 Å². The van der Waals surface area contributed by atoms with Gasteiger partial charge < -0.3 is 0 Å². The maximum absolute atomic E-state index is 13.5. The predicted octanol–water partition coefficient (Wildman–Crippen LogP) is 4.02. The minimum Gasteiger partial charge on any atom is -0.279 e. The zero-order valence-corrected chi connectivity index (χ0v) is 11.4. The second-order valence-electron chi connectivity index (χ2n) is 3.49. The van der Waals surface area contributed by atoms with Crippen LogP contribution in [0.3, 0.4) is 0 Å². The van der Waals surface area contributed by atoms with E-state index >= 15 is 0 Å². The number of anilines is 1. The van der Waals surface area contributed by atoms with Gasteiger partial charge in [-0.2, -0.15) is 5.10 Å². The monoisotopic (exact) mass is 358 g/mol. The standard InChI is InChI=1S/C13H9F2IN2/c14-11-6-7-12(16)10(13(11)15)8-17-18-9-4-2-1-3-5-9/h1-8,18H. The summed E-state index contributed by atoms with van der Waals surface area (Å²) in [5.74, 6) is -1.77. The summed E-state index contributed by atoms with van der Waals surface area (Å²) < 4.78 is 27.1. The lowest BCUT2D eigenvalue weighted by molar-refractivity contribution is 0.506. The Morgan fingerprint density at radius 3 is 2.50 bits per heavy atom. The van der Waals surface area contributed by atoms with E-state index in [1.54, 1.807) is 0 Å². The number of halogens is 3. The highest BCUT2D eigenvalue weighted by atomic mass is 127. The smallest absolute Gasteiger partial charge is 0.168 e. The first-order valence-corrected chi connectivity index (χ1v) is 6.24. The average molecular weight is 358 g/mol. The highest BCUT2D eigenvalue weighted by Crippen LogP contribution is 2.17. The predicted molar refractivity (Wildman–Crippen MR) is 76.7 cm³/mol. The first kappa shape index (κ1) is 12.9. The molecule has 0 aromatic heterocycles. The van der Waals surface area contributed by atoms with E-state index in [2.05, 4.69) is 10.5 Å². The van der Waals surface area contributed by atoms with Gasteiger partial charge in [0.2, 0.25) is 0 Å². The van der Waals surface area contributed by atoms with Crippen molar-refractivity contribution in [3.05, 3.63) is 63.2 Å². The molecule has 0 amide bonds. The van der Waals surface area contributed by atoms with Crippen LogP contribution in [0.1, 0.15) is 5.56 Å². The molecule has 0 aliphatic heterocycles. The van der Waals surface area contributed by atoms with E-state index in [-0.39, 0.29) is 5.56 Å². The first-order valence-electron chi connectivity index (χ1n) is 5.16. The van der Waals surface area contributed by atoms with Gasteiger partial charge in [-0.05, 0) is 46.9 Å². The van der Waals surface area contributed by atoms with Crippen molar-refractivity contribution in [2.75, 3.05) is 5.43 Å². The second kappa shape index (κ2) is 5.90. The molecule has 1 N–H and O–H groups in total. The van der Waals surface area contributed by atoms with Gasteiger partial charge in [0, 0.05) is 9.13 Å². The van der Waals surface area contributed by atoms with E-state index in [0.717, 1.165) is 11.8 Å². The number of hydrogen-bond donors (Lipinski definition) is 1. The van der Waals surface area contributed by atoms with Crippen molar-refractivity contribution in [2.24, 2.45) is 5.10 Å². The molecule has 0 radical (unpaired) electrons. The van der Waals surface area contributed by atoms with Crippen LogP contribution < -0.4 is 5.43 Å². The van der Waals surface area contributed by atoms with Crippen molar-refractivity contribution < 1.29 is 8.78 Å². The van der Waals surface area contributed by atoms with Gasteiger partial charge in [-0.25, -0.2) is 8.78 Å². The van der Waals surface area contributed by atoms with Crippen LogP contribution in [0.25, 0.3) is 0 Å². The molecule has 92 valence electrons. The fourth-order valence-corrected chi connectivity index (χ4v) is 1.90. The minimum absolute atomic E-state index is 0.138. The molecule has 18 heavy (non-hydrogen) atoms. The van der Waals surface area contributed by atoms with Gasteiger partial charge in [0.05, 0.1) is 11.9 Å². The summed E-state index contributed by atoms with van der Waals surface area (Å²) in [5.41, 5.74) is 3.66. The van der Waals surface area contributed by atoms with Crippen LogP contribution in [0.4, 0.5) is 14.5 Å². The number of hydrogen-bond acceptors (Lipinski definition) is 2. The first-order chi connectivity index (χ1) is 8.68. The third kappa shape index (κ3) is 3.04. The van der Waals surface area contributed by atoms with Gasteiger partial charge in [-0.1, -0.05) is 18.2 Å². The van der Waals surface area contributed by atoms with Gasteiger partial charge in [0.1, 0.15) is 0 Å². The van der Waals surface area contributed by atoms with Crippen LogP contribution in [-0.2, 0) is 0 Å². The van der Waals surface area contributed by atoms with Crippen molar-refractivity contribution in [3.8, 4) is 0 Å². The van der Waals surface area contributed by atoms with Gasteiger partial charge in [-0.3, -0.25) is 5.43 Å². The number of para-hydroxylation sites is 1. The molecular formula is C13H9F2IN2. The number of benzene rings is 2. The molecule has 0 atom stereocenters. The summed E-state index contributed by atoms with van der Waals surface area (Å²) in [4.78, 5) is 0. The maximum Gasteiger partial charge on any atom is 0.168 e. The van der Waals surface area contributed by atoms with E-state index in [0.29, 0.717) is 3.57 Å². The fourth-order valence-electron chi connectivity index (χ4n) is 1.35. The molecule has 5 heteroatoms. The van der Waals surface area contributed by atoms with Crippen molar-refractivity contribution in [1.82, 2.24) is 0 Å². The van der Waals surface area contributed by atoms with Crippen molar-refractivity contribution in [2.45, 2.75) is 0 Å². The summed E-state index contributed by atoms with van der Waals surface area (Å²) in [6, 6.07) is 11.8. The Labute approximate surface area is 117 Å². The molecule has 0 aliphatic rings. The summed E-state index contributed by atoms with van der Waals surface area (Å²) >= 11 is 1.93. The molecule has 0 heterocycles. The van der Waals surface area contributed by atoms with Crippen molar-refractivity contribution in [1.29, 1.82) is 0 Å². The molecular weight excluding hydrogens is 349 g/mol. The van der Waals surface area contributed by atoms with E-state index in [1.165, 1.54) is 12.3 Å². The summed E-state index contributed by atoms with van der Waals surface area (Å²) in [6.07, 6.45) is 1.27. The van der Waals surface area contributed by atoms with Gasteiger partial charge in [-0.15, -0.1) is 0 Å². The summed E-state index contributed by atoms with van der Waals surface area (Å²) in [6.45, 7) is 0. The lowest BCUT2D eigenvalue weighted by Gasteiger charge is -2.02. The average Bonchev–Trinajstić information content (AvgIpc) is 2.39. The lowest BCUT2D eigenvalue weighted by Crippen LogP contribution is -1.98. The lowest BCUT2D eigenvalue weighted by atomic mass is 10.2. The Hall–Kier alpha value is -1.50. The van der Waals surface area contributed by atoms with Crippen LogP contribution in [0.15, 0.2) is 47.6 Å². The Bertz CT molecular complexity index is 571. The van der Waals surface area contributed by atoms with Crippen molar-refractivity contribution >= 4 is 34.5 Å². The third-order valence-electron chi connectivity index (χ3n) is 2.24. The fraction of sp³-hybridized carbons (Fsp3) is 0. The van der Waals surface area contributed by atoms with Crippen LogP contribution >= 0.6 is 22.6 Å². The Morgan fingerprint density at radius 1 is 1.06 bits per heavy atom. The molecule has 2 aromatic carbocycles. The zero-order valence-electron chi connectivity index (χ0n) is 9.20. The second-order valence-corrected chi connectivity index (χ2v) is 4.66. The molecule has 0 aliphatic carbocycles. The molecule has 0 bridgehead atoms. The molecule has 0 saturated carbocycles. The SMILES string of the molecule is Fc1ccc(I)c(C=NNc2ccccc2)c1F. The Balaban J connectivity index is 2.17. The largest absolute Gasteiger partial charge is 0.279 e. The van der Waals surface area contributed by atoms with E-state index in [1.807, 2.05) is 52.9 Å². The molecule has 0 saturated heterocycles. The molecule has 0 fully saturated rings. The molecule has 2 nitrogen and oxygen atoms in total. The topological polar surface area (TPSA) is 24.4 Å². The molecule has 2 rings (SSSR count). The highest BCUT2D eigenvalue weighted by molar-refractivity contribution is 14.1. The quantitative estimate of drug-likeness (QED) is 0.381. The number of nitrogens with zero attached hydrogens (tertiary/aromatic N) is 1. The highest BCUT2D eigenvalue weighted by Gasteiger charge is 2.09. The zero-order chi connectivity index (χ0) is 13.0. The van der Waals surface area contributed by atoms with Gasteiger partial charge in [0.25, 0.3) is 0 Å². The van der Waals surface area contributed by atoms with Crippen LogP contribution in [0, 0.1) is 15.2 Å². The molecule has 0 unspecified atom stereocenters. The molecule has 0 spiro atoms. The normalized spacial score (nSPS) is 10.8. The van der Waals surface area contributed by atoms with E-state index in [9.17, 15) is 8.78 Å². The van der Waals surface area contributed by atoms with Crippen LogP contribution in [-0.4, -0.2) is 6.21 Å². The van der Waals surface area contributed by atoms with Gasteiger partial charge >= 0.3 is 0 Å². The summed E-state index contributed by atoms with van der Waals surface area (Å²) in [5, 5.41) is 3.89. The number of hydrazone groups is 1. The van der Waals surface area contributed by atoms with E-state index in [4.69, 9.17) is 0 Å².